The number of furan rings is 1. The Balaban J connectivity index is 1.45. The number of halogens is 1. The molecule has 4 rings (SSSR count). The monoisotopic (exact) mass is 549 g/mol. The van der Waals surface area contributed by atoms with Crippen LogP contribution in [0.2, 0.25) is 0 Å². The molecule has 0 saturated heterocycles. The minimum absolute atomic E-state index is 0.0945. The van der Waals surface area contributed by atoms with Gasteiger partial charge in [0, 0.05) is 5.56 Å². The summed E-state index contributed by atoms with van der Waals surface area (Å²) < 4.78 is 52.4. The van der Waals surface area contributed by atoms with Crippen molar-refractivity contribution in [3.05, 3.63) is 108 Å². The van der Waals surface area contributed by atoms with Crippen molar-refractivity contribution < 1.29 is 31.6 Å². The predicted molar refractivity (Wildman–Crippen MR) is 143 cm³/mol. The van der Waals surface area contributed by atoms with Gasteiger partial charge in [0.15, 0.2) is 0 Å². The Hall–Kier alpha value is -4.77. The quantitative estimate of drug-likeness (QED) is 0.175. The van der Waals surface area contributed by atoms with E-state index >= 15 is 0 Å². The number of anilines is 1. The van der Waals surface area contributed by atoms with Crippen molar-refractivity contribution >= 4 is 33.8 Å². The number of ether oxygens (including phenoxy) is 1. The van der Waals surface area contributed by atoms with E-state index in [9.17, 15) is 22.4 Å². The van der Waals surface area contributed by atoms with Crippen LogP contribution in [0.25, 0.3) is 11.3 Å². The van der Waals surface area contributed by atoms with Gasteiger partial charge in [-0.25, -0.2) is 23.0 Å². The SMILES string of the molecule is CCOC(=O)c1ccc(-c2ccc(/C=N/NC(=O)CN(c3ccccc3F)S(=O)(=O)c3ccccc3)o2)cc1. The molecule has 39 heavy (non-hydrogen) atoms. The van der Waals surface area contributed by atoms with Crippen LogP contribution in [-0.2, 0) is 19.6 Å². The van der Waals surface area contributed by atoms with Crippen LogP contribution in [0.15, 0.2) is 105 Å². The Bertz CT molecular complexity index is 1590. The molecule has 0 unspecified atom stereocenters. The lowest BCUT2D eigenvalue weighted by atomic mass is 10.1. The highest BCUT2D eigenvalue weighted by atomic mass is 32.2. The number of para-hydroxylation sites is 1. The average molecular weight is 550 g/mol. The smallest absolute Gasteiger partial charge is 0.338 e. The van der Waals surface area contributed by atoms with E-state index in [0.717, 1.165) is 6.07 Å². The molecule has 4 aromatic rings. The fourth-order valence-corrected chi connectivity index (χ4v) is 5.02. The molecular formula is C28H24FN3O6S. The van der Waals surface area contributed by atoms with E-state index in [2.05, 4.69) is 10.5 Å². The molecule has 9 nitrogen and oxygen atoms in total. The van der Waals surface area contributed by atoms with Gasteiger partial charge in [-0.1, -0.05) is 42.5 Å². The first kappa shape index (κ1) is 27.3. The summed E-state index contributed by atoms with van der Waals surface area (Å²) in [4.78, 5) is 24.4. The third-order valence-electron chi connectivity index (χ3n) is 5.43. The van der Waals surface area contributed by atoms with Gasteiger partial charge in [-0.05, 0) is 55.5 Å². The molecule has 1 N–H and O–H groups in total. The molecule has 1 amide bonds. The molecule has 1 heterocycles. The summed E-state index contributed by atoms with van der Waals surface area (Å²) in [6.07, 6.45) is 1.24. The van der Waals surface area contributed by atoms with Gasteiger partial charge in [-0.15, -0.1) is 0 Å². The minimum Gasteiger partial charge on any atom is -0.462 e. The van der Waals surface area contributed by atoms with Gasteiger partial charge in [0.2, 0.25) is 0 Å². The van der Waals surface area contributed by atoms with Crippen LogP contribution in [-0.4, -0.2) is 39.7 Å². The number of rotatable bonds is 10. The number of benzene rings is 3. The van der Waals surface area contributed by atoms with E-state index in [-0.39, 0.29) is 17.2 Å². The summed E-state index contributed by atoms with van der Waals surface area (Å²) in [5.41, 5.74) is 3.09. The number of esters is 1. The molecule has 0 aliphatic heterocycles. The Morgan fingerprint density at radius 3 is 2.36 bits per heavy atom. The molecular weight excluding hydrogens is 525 g/mol. The van der Waals surface area contributed by atoms with E-state index in [4.69, 9.17) is 9.15 Å². The zero-order chi connectivity index (χ0) is 27.8. The maximum Gasteiger partial charge on any atom is 0.338 e. The second-order valence-electron chi connectivity index (χ2n) is 8.07. The van der Waals surface area contributed by atoms with Gasteiger partial charge in [0.1, 0.15) is 23.9 Å². The number of nitrogens with zero attached hydrogens (tertiary/aromatic N) is 2. The van der Waals surface area contributed by atoms with Crippen molar-refractivity contribution in [2.24, 2.45) is 5.10 Å². The molecule has 0 saturated carbocycles. The number of sulfonamides is 1. The maximum absolute atomic E-state index is 14.5. The van der Waals surface area contributed by atoms with Gasteiger partial charge < -0.3 is 9.15 Å². The van der Waals surface area contributed by atoms with Crippen LogP contribution < -0.4 is 9.73 Å². The van der Waals surface area contributed by atoms with Crippen molar-refractivity contribution in [3.8, 4) is 11.3 Å². The molecule has 0 bridgehead atoms. The number of nitrogens with one attached hydrogen (secondary N) is 1. The van der Waals surface area contributed by atoms with Crippen molar-refractivity contribution in [1.82, 2.24) is 5.43 Å². The Morgan fingerprint density at radius 2 is 1.67 bits per heavy atom. The third kappa shape index (κ3) is 6.57. The highest BCUT2D eigenvalue weighted by Gasteiger charge is 2.29. The summed E-state index contributed by atoms with van der Waals surface area (Å²) in [6.45, 7) is 1.29. The standard InChI is InChI=1S/C28H24FN3O6S/c1-2-37-28(34)21-14-12-20(13-15-21)26-17-16-22(38-26)18-30-31-27(33)19-32(25-11-7-6-10-24(25)29)39(35,36)23-8-4-3-5-9-23/h3-18H,2,19H2,1H3,(H,31,33)/b30-18+. The lowest BCUT2D eigenvalue weighted by Gasteiger charge is -2.24. The number of amides is 1. The van der Waals surface area contributed by atoms with Gasteiger partial charge in [-0.3, -0.25) is 9.10 Å². The summed E-state index contributed by atoms with van der Waals surface area (Å²) in [5, 5.41) is 3.84. The Kier molecular flexibility index (Phi) is 8.52. The largest absolute Gasteiger partial charge is 0.462 e. The number of hydrazone groups is 1. The molecule has 11 heteroatoms. The van der Waals surface area contributed by atoms with Gasteiger partial charge in [0.05, 0.1) is 29.0 Å². The second kappa shape index (κ2) is 12.2. The molecule has 0 atom stereocenters. The lowest BCUT2D eigenvalue weighted by molar-refractivity contribution is -0.119. The van der Waals surface area contributed by atoms with E-state index < -0.39 is 34.3 Å². The summed E-state index contributed by atoms with van der Waals surface area (Å²) in [6, 6.07) is 22.7. The van der Waals surface area contributed by atoms with Crippen molar-refractivity contribution in [2.75, 3.05) is 17.5 Å². The molecule has 0 aliphatic carbocycles. The van der Waals surface area contributed by atoms with Crippen molar-refractivity contribution in [2.45, 2.75) is 11.8 Å². The lowest BCUT2D eigenvalue weighted by Crippen LogP contribution is -2.40. The van der Waals surface area contributed by atoms with Crippen LogP contribution in [0.5, 0.6) is 0 Å². The number of carbonyl (C=O) groups excluding carboxylic acids is 2. The number of hydrogen-bond acceptors (Lipinski definition) is 7. The first-order chi connectivity index (χ1) is 18.8. The Labute approximate surface area is 224 Å². The zero-order valence-corrected chi connectivity index (χ0v) is 21.6. The first-order valence-electron chi connectivity index (χ1n) is 11.8. The van der Waals surface area contributed by atoms with Crippen LogP contribution in [0, 0.1) is 5.82 Å². The molecule has 200 valence electrons. The summed E-state index contributed by atoms with van der Waals surface area (Å²) in [7, 11) is -4.25. The molecule has 0 radical (unpaired) electrons. The zero-order valence-electron chi connectivity index (χ0n) is 20.8. The molecule has 0 spiro atoms. The van der Waals surface area contributed by atoms with Gasteiger partial charge in [-0.2, -0.15) is 5.10 Å². The van der Waals surface area contributed by atoms with Crippen LogP contribution in [0.1, 0.15) is 23.0 Å². The predicted octanol–water partition coefficient (Wildman–Crippen LogP) is 4.61. The van der Waals surface area contributed by atoms with Crippen LogP contribution in [0.3, 0.4) is 0 Å². The summed E-state index contributed by atoms with van der Waals surface area (Å²) >= 11 is 0. The number of hydrogen-bond donors (Lipinski definition) is 1. The van der Waals surface area contributed by atoms with E-state index in [1.807, 2.05) is 0 Å². The molecule has 3 aromatic carbocycles. The topological polar surface area (TPSA) is 118 Å². The number of carbonyl (C=O) groups is 2. The maximum atomic E-state index is 14.5. The molecule has 1 aromatic heterocycles. The fraction of sp³-hybridized carbons (Fsp3) is 0.107. The van der Waals surface area contributed by atoms with Crippen LogP contribution >= 0.6 is 0 Å². The molecule has 0 fully saturated rings. The average Bonchev–Trinajstić information content (AvgIpc) is 3.42. The fourth-order valence-electron chi connectivity index (χ4n) is 3.57. The first-order valence-corrected chi connectivity index (χ1v) is 13.2. The van der Waals surface area contributed by atoms with E-state index in [1.54, 1.807) is 49.4 Å². The highest BCUT2D eigenvalue weighted by molar-refractivity contribution is 7.92. The van der Waals surface area contributed by atoms with Gasteiger partial charge in [0.25, 0.3) is 15.9 Å². The van der Waals surface area contributed by atoms with E-state index in [0.29, 0.717) is 27.0 Å². The normalized spacial score (nSPS) is 11.3. The Morgan fingerprint density at radius 1 is 0.974 bits per heavy atom. The van der Waals surface area contributed by atoms with Crippen molar-refractivity contribution in [1.29, 1.82) is 0 Å². The van der Waals surface area contributed by atoms with Crippen molar-refractivity contribution in [3.63, 3.8) is 0 Å². The summed E-state index contributed by atoms with van der Waals surface area (Å²) in [5.74, 6) is -1.21. The van der Waals surface area contributed by atoms with E-state index in [1.165, 1.54) is 48.7 Å². The minimum atomic E-state index is -4.25. The third-order valence-corrected chi connectivity index (χ3v) is 7.20. The van der Waals surface area contributed by atoms with Crippen LogP contribution in [0.4, 0.5) is 10.1 Å². The highest BCUT2D eigenvalue weighted by Crippen LogP contribution is 2.26. The molecule has 0 aliphatic rings. The van der Waals surface area contributed by atoms with Gasteiger partial charge >= 0.3 is 5.97 Å². The second-order valence-corrected chi connectivity index (χ2v) is 9.93.